The van der Waals surface area contributed by atoms with Gasteiger partial charge in [0.05, 0.1) is 0 Å². The van der Waals surface area contributed by atoms with Crippen LogP contribution in [-0.4, -0.2) is 52.4 Å². The maximum atomic E-state index is 13.1. The minimum atomic E-state index is -0.387. The minimum Gasteiger partial charge on any atom is -0.372 e. The van der Waals surface area contributed by atoms with E-state index in [-0.39, 0.29) is 24.3 Å². The van der Waals surface area contributed by atoms with Crippen LogP contribution in [0.15, 0.2) is 36.7 Å². The number of primary amides is 1. The molecule has 2 fully saturated rings. The largest absolute Gasteiger partial charge is 0.372 e. The number of amides is 2. The molecular weight excluding hydrogens is 366 g/mol. The number of piperidine rings is 2. The summed E-state index contributed by atoms with van der Waals surface area (Å²) in [6.45, 7) is 3.68. The number of imidazole rings is 1. The smallest absolute Gasteiger partial charge is 0.253 e. The van der Waals surface area contributed by atoms with Crippen molar-refractivity contribution in [1.29, 1.82) is 0 Å². The molecule has 3 heterocycles. The predicted molar refractivity (Wildman–Crippen MR) is 112 cm³/mol. The Labute approximate surface area is 171 Å². The van der Waals surface area contributed by atoms with Gasteiger partial charge in [-0.2, -0.15) is 0 Å². The number of benzene rings is 1. The highest BCUT2D eigenvalue weighted by Gasteiger charge is 2.28. The first-order chi connectivity index (χ1) is 14.1. The summed E-state index contributed by atoms with van der Waals surface area (Å²) in [7, 11) is 0. The molecule has 29 heavy (non-hydrogen) atoms. The number of hydrogen-bond donors (Lipinski definition) is 1. The quantitative estimate of drug-likeness (QED) is 0.842. The number of rotatable bonds is 5. The Morgan fingerprint density at radius 3 is 2.52 bits per heavy atom. The van der Waals surface area contributed by atoms with Crippen molar-refractivity contribution in [3.63, 3.8) is 0 Å². The molecule has 2 aromatic rings. The monoisotopic (exact) mass is 395 g/mol. The molecule has 2 amide bonds. The first-order valence-electron chi connectivity index (χ1n) is 10.6. The van der Waals surface area contributed by atoms with Crippen molar-refractivity contribution < 1.29 is 9.59 Å². The summed E-state index contributed by atoms with van der Waals surface area (Å²) in [6, 6.07) is 8.03. The normalized spacial score (nSPS) is 19.9. The molecule has 4 rings (SSSR count). The second kappa shape index (κ2) is 8.68. The molecule has 154 valence electrons. The van der Waals surface area contributed by atoms with Gasteiger partial charge in [-0.05, 0) is 56.4 Å². The highest BCUT2D eigenvalue weighted by atomic mass is 16.2. The summed E-state index contributed by atoms with van der Waals surface area (Å²) in [5, 5.41) is 0. The van der Waals surface area contributed by atoms with Crippen LogP contribution in [-0.2, 0) is 11.3 Å². The average Bonchev–Trinajstić information content (AvgIpc) is 3.21. The van der Waals surface area contributed by atoms with Gasteiger partial charge in [0.25, 0.3) is 5.91 Å². The molecule has 2 aliphatic heterocycles. The number of hydrogen-bond acceptors (Lipinski definition) is 4. The lowest BCUT2D eigenvalue weighted by Gasteiger charge is -2.33. The van der Waals surface area contributed by atoms with Crippen molar-refractivity contribution in [2.75, 3.05) is 31.1 Å². The van der Waals surface area contributed by atoms with Crippen molar-refractivity contribution in [1.82, 2.24) is 14.5 Å². The summed E-state index contributed by atoms with van der Waals surface area (Å²) < 4.78 is 1.80. The lowest BCUT2D eigenvalue weighted by atomic mass is 9.96. The molecule has 7 heteroatoms. The standard InChI is InChI=1S/C22H29N5O2/c23-20(28)16-26-14-10-24-21(26)18-5-4-13-27(15-18)22(29)17-6-8-19(9-7-17)25-11-2-1-3-12-25/h6-10,14,18H,1-5,11-13,15-16H2,(H2,23,28)/t18-/m1/s1. The molecule has 1 aromatic carbocycles. The molecule has 0 unspecified atom stereocenters. The van der Waals surface area contributed by atoms with E-state index in [4.69, 9.17) is 5.73 Å². The lowest BCUT2D eigenvalue weighted by molar-refractivity contribution is -0.118. The zero-order chi connectivity index (χ0) is 20.2. The Morgan fingerprint density at radius 2 is 1.79 bits per heavy atom. The summed E-state index contributed by atoms with van der Waals surface area (Å²) in [4.78, 5) is 33.1. The highest BCUT2D eigenvalue weighted by molar-refractivity contribution is 5.94. The maximum absolute atomic E-state index is 13.1. The van der Waals surface area contributed by atoms with Gasteiger partial charge in [-0.15, -0.1) is 0 Å². The summed E-state index contributed by atoms with van der Waals surface area (Å²) in [6.07, 6.45) is 9.13. The van der Waals surface area contributed by atoms with E-state index in [1.165, 1.54) is 24.9 Å². The molecule has 0 aliphatic carbocycles. The molecule has 0 spiro atoms. The van der Waals surface area contributed by atoms with Gasteiger partial charge >= 0.3 is 0 Å². The molecule has 7 nitrogen and oxygen atoms in total. The van der Waals surface area contributed by atoms with Crippen molar-refractivity contribution in [2.24, 2.45) is 5.73 Å². The van der Waals surface area contributed by atoms with Gasteiger partial charge in [0.15, 0.2) is 0 Å². The number of nitrogens with zero attached hydrogens (tertiary/aromatic N) is 4. The maximum Gasteiger partial charge on any atom is 0.253 e. The van der Waals surface area contributed by atoms with E-state index in [1.54, 1.807) is 17.0 Å². The molecule has 1 aromatic heterocycles. The van der Waals surface area contributed by atoms with Crippen LogP contribution in [0.1, 0.15) is 54.2 Å². The number of nitrogens with two attached hydrogens (primary N) is 1. The fourth-order valence-electron chi connectivity index (χ4n) is 4.50. The van der Waals surface area contributed by atoms with Gasteiger partial charge in [-0.25, -0.2) is 4.98 Å². The van der Waals surface area contributed by atoms with E-state index in [1.807, 2.05) is 17.0 Å². The van der Waals surface area contributed by atoms with Gasteiger partial charge in [0.1, 0.15) is 12.4 Å². The fourth-order valence-corrected chi connectivity index (χ4v) is 4.50. The van der Waals surface area contributed by atoms with Crippen LogP contribution in [0.4, 0.5) is 5.69 Å². The van der Waals surface area contributed by atoms with Gasteiger partial charge in [0.2, 0.25) is 5.91 Å². The number of aromatic nitrogens is 2. The number of carbonyl (C=O) groups is 2. The van der Waals surface area contributed by atoms with Gasteiger partial charge < -0.3 is 20.1 Å². The molecule has 0 radical (unpaired) electrons. The summed E-state index contributed by atoms with van der Waals surface area (Å²) >= 11 is 0. The zero-order valence-electron chi connectivity index (χ0n) is 16.8. The number of likely N-dealkylation sites (tertiary alicyclic amines) is 1. The van der Waals surface area contributed by atoms with Crippen LogP contribution < -0.4 is 10.6 Å². The Bertz CT molecular complexity index is 854. The summed E-state index contributed by atoms with van der Waals surface area (Å²) in [5.74, 6) is 0.631. The van der Waals surface area contributed by atoms with Crippen LogP contribution in [0.3, 0.4) is 0 Å². The minimum absolute atomic E-state index is 0.0629. The van der Waals surface area contributed by atoms with Crippen molar-refractivity contribution in [2.45, 2.75) is 44.6 Å². The van der Waals surface area contributed by atoms with Crippen LogP contribution in [0.5, 0.6) is 0 Å². The third kappa shape index (κ3) is 4.44. The third-order valence-corrected chi connectivity index (χ3v) is 5.98. The van der Waals surface area contributed by atoms with Gasteiger partial charge in [-0.1, -0.05) is 0 Å². The van der Waals surface area contributed by atoms with E-state index >= 15 is 0 Å². The first-order valence-corrected chi connectivity index (χ1v) is 10.6. The molecule has 0 bridgehead atoms. The number of anilines is 1. The molecule has 1 atom stereocenters. The molecular formula is C22H29N5O2. The van der Waals surface area contributed by atoms with Crippen molar-refractivity contribution in [3.05, 3.63) is 48.0 Å². The Morgan fingerprint density at radius 1 is 1.03 bits per heavy atom. The molecule has 2 aliphatic rings. The van der Waals surface area contributed by atoms with E-state index in [0.29, 0.717) is 6.54 Å². The summed E-state index contributed by atoms with van der Waals surface area (Å²) in [5.41, 5.74) is 7.27. The highest BCUT2D eigenvalue weighted by Crippen LogP contribution is 2.27. The lowest BCUT2D eigenvalue weighted by Crippen LogP contribution is -2.40. The topological polar surface area (TPSA) is 84.5 Å². The van der Waals surface area contributed by atoms with Crippen LogP contribution >= 0.6 is 0 Å². The molecule has 2 N–H and O–H groups in total. The fraction of sp³-hybridized carbons (Fsp3) is 0.500. The van der Waals surface area contributed by atoms with Gasteiger partial charge in [-0.3, -0.25) is 9.59 Å². The average molecular weight is 396 g/mol. The number of carbonyl (C=O) groups excluding carboxylic acids is 2. The second-order valence-electron chi connectivity index (χ2n) is 8.06. The van der Waals surface area contributed by atoms with Crippen molar-refractivity contribution in [3.8, 4) is 0 Å². The SMILES string of the molecule is NC(=O)Cn1ccnc1[C@@H]1CCCN(C(=O)c2ccc(N3CCCCC3)cc2)C1. The second-order valence-corrected chi connectivity index (χ2v) is 8.06. The Hall–Kier alpha value is -2.83. The van der Waals surface area contributed by atoms with Crippen LogP contribution in [0, 0.1) is 0 Å². The van der Waals surface area contributed by atoms with E-state index in [0.717, 1.165) is 43.9 Å². The third-order valence-electron chi connectivity index (χ3n) is 5.98. The molecule has 0 saturated carbocycles. The van der Waals surface area contributed by atoms with E-state index in [9.17, 15) is 9.59 Å². The van der Waals surface area contributed by atoms with E-state index < -0.39 is 0 Å². The molecule has 2 saturated heterocycles. The predicted octanol–water partition coefficient (Wildman–Crippen LogP) is 2.38. The van der Waals surface area contributed by atoms with Gasteiger partial charge in [0, 0.05) is 55.7 Å². The van der Waals surface area contributed by atoms with Crippen LogP contribution in [0.2, 0.25) is 0 Å². The Kier molecular flexibility index (Phi) is 5.83. The Balaban J connectivity index is 1.43. The van der Waals surface area contributed by atoms with Crippen LogP contribution in [0.25, 0.3) is 0 Å². The van der Waals surface area contributed by atoms with E-state index in [2.05, 4.69) is 22.0 Å². The zero-order valence-corrected chi connectivity index (χ0v) is 16.8. The first kappa shape index (κ1) is 19.5. The van der Waals surface area contributed by atoms with Crippen molar-refractivity contribution >= 4 is 17.5 Å².